The van der Waals surface area contributed by atoms with Crippen LogP contribution in [0.25, 0.3) is 10.8 Å². The molecule has 0 fully saturated rings. The molecule has 2 N–H and O–H groups in total. The largest absolute Gasteiger partial charge is 0.399 e. The Bertz CT molecular complexity index is 463. The van der Waals surface area contributed by atoms with Crippen molar-refractivity contribution in [2.24, 2.45) is 0 Å². The lowest BCUT2D eigenvalue weighted by molar-refractivity contribution is 1.75. The third kappa shape index (κ3) is 1.43. The normalized spacial score (nSPS) is 10.8. The fraction of sp³-hybridized carbons (Fsp3) is 0. The molecule has 64 valence electrons. The van der Waals surface area contributed by atoms with Gasteiger partial charge in [0.1, 0.15) is 0 Å². The number of hydrogen-bond acceptors (Lipinski definition) is 1. The molecule has 0 saturated carbocycles. The average Bonchev–Trinajstić information content (AvgIpc) is 2.16. The van der Waals surface area contributed by atoms with Gasteiger partial charge in [-0.25, -0.2) is 0 Å². The number of nitrogens with two attached hydrogens (primary N) is 1. The van der Waals surface area contributed by atoms with Crippen molar-refractivity contribution >= 4 is 36.3 Å². The molecule has 2 aromatic carbocycles. The minimum atomic E-state index is 0.811. The molecule has 0 heterocycles. The van der Waals surface area contributed by atoms with Crippen LogP contribution < -0.4 is 11.0 Å². The lowest BCUT2D eigenvalue weighted by Gasteiger charge is -2.01. The van der Waals surface area contributed by atoms with Crippen LogP contribution in [0.4, 0.5) is 5.69 Å². The van der Waals surface area contributed by atoms with E-state index in [-0.39, 0.29) is 0 Å². The average molecular weight is 187 g/mol. The van der Waals surface area contributed by atoms with E-state index in [0.717, 1.165) is 13.9 Å². The number of rotatable bonds is 1. The Morgan fingerprint density at radius 1 is 1.15 bits per heavy atom. The molecule has 0 saturated heterocycles. The lowest BCUT2D eigenvalue weighted by Crippen LogP contribution is -1.94. The maximum absolute atomic E-state index is 5.70. The van der Waals surface area contributed by atoms with Gasteiger partial charge in [-0.1, -0.05) is 32.7 Å². The monoisotopic (exact) mass is 187 g/mol. The van der Waals surface area contributed by atoms with E-state index in [9.17, 15) is 0 Å². The van der Waals surface area contributed by atoms with Crippen LogP contribution in [0, 0.1) is 0 Å². The fourth-order valence-corrected chi connectivity index (χ4v) is 1.99. The Morgan fingerprint density at radius 2 is 2.00 bits per heavy atom. The van der Waals surface area contributed by atoms with Crippen LogP contribution in [0.5, 0.6) is 0 Å². The van der Waals surface area contributed by atoms with Gasteiger partial charge in [0.25, 0.3) is 0 Å². The first-order valence-electron chi connectivity index (χ1n) is 4.06. The van der Waals surface area contributed by atoms with E-state index < -0.39 is 0 Å². The third-order valence-corrected chi connectivity index (χ3v) is 2.78. The van der Waals surface area contributed by atoms with Crippen LogP contribution in [0.2, 0.25) is 0 Å². The second-order valence-corrected chi connectivity index (χ2v) is 3.71. The van der Waals surface area contributed by atoms with E-state index >= 15 is 0 Å². The Morgan fingerprint density at radius 3 is 2.77 bits per heavy atom. The first-order valence-corrected chi connectivity index (χ1v) is 5.14. The summed E-state index contributed by atoms with van der Waals surface area (Å²) in [6, 6.07) is 12.2. The molecule has 0 aliphatic carbocycles. The SMILES string of the molecule is C=Pc1cccc2cc(N)ccc12. The van der Waals surface area contributed by atoms with Crippen LogP contribution >= 0.6 is 8.20 Å². The van der Waals surface area contributed by atoms with Crippen molar-refractivity contribution in [3.63, 3.8) is 0 Å². The molecule has 13 heavy (non-hydrogen) atoms. The minimum absolute atomic E-state index is 0.811. The summed E-state index contributed by atoms with van der Waals surface area (Å²) < 4.78 is 0. The molecule has 0 aromatic heterocycles. The molecule has 0 atom stereocenters. The Hall–Kier alpha value is -1.33. The predicted octanol–water partition coefficient (Wildman–Crippen LogP) is 2.43. The summed E-state index contributed by atoms with van der Waals surface area (Å²) in [5.41, 5.74) is 6.51. The molecule has 0 bridgehead atoms. The summed E-state index contributed by atoms with van der Waals surface area (Å²) in [6.07, 6.45) is 3.87. The maximum Gasteiger partial charge on any atom is 0.0320 e. The fourth-order valence-electron chi connectivity index (χ4n) is 1.42. The highest BCUT2D eigenvalue weighted by Crippen LogP contribution is 2.17. The minimum Gasteiger partial charge on any atom is -0.399 e. The topological polar surface area (TPSA) is 26.0 Å². The molecule has 2 aromatic rings. The van der Waals surface area contributed by atoms with Gasteiger partial charge in [0.2, 0.25) is 0 Å². The molecule has 1 nitrogen and oxygen atoms in total. The standard InChI is InChI=1S/C11H10NP/c1-13-11-4-2-3-8-7-9(12)5-6-10(8)11/h2-7H,1,12H2. The number of nitrogen functional groups attached to an aromatic ring is 1. The number of benzene rings is 2. The number of fused-ring (bicyclic) bond motifs is 1. The van der Waals surface area contributed by atoms with E-state index in [0.29, 0.717) is 0 Å². The Balaban J connectivity index is 2.84. The van der Waals surface area contributed by atoms with Gasteiger partial charge in [0.05, 0.1) is 0 Å². The van der Waals surface area contributed by atoms with E-state index in [2.05, 4.69) is 24.5 Å². The van der Waals surface area contributed by atoms with Crippen molar-refractivity contribution in [1.29, 1.82) is 0 Å². The summed E-state index contributed by atoms with van der Waals surface area (Å²) in [6.45, 7) is 0. The first kappa shape index (κ1) is 8.28. The molecular weight excluding hydrogens is 177 g/mol. The molecule has 0 unspecified atom stereocenters. The number of hydrogen-bond donors (Lipinski definition) is 1. The van der Waals surface area contributed by atoms with Crippen molar-refractivity contribution in [2.45, 2.75) is 0 Å². The van der Waals surface area contributed by atoms with Crippen molar-refractivity contribution in [1.82, 2.24) is 0 Å². The van der Waals surface area contributed by atoms with Gasteiger partial charge in [0.15, 0.2) is 0 Å². The van der Waals surface area contributed by atoms with Crippen molar-refractivity contribution in [2.75, 3.05) is 5.73 Å². The van der Waals surface area contributed by atoms with Gasteiger partial charge in [-0.05, 0) is 29.0 Å². The molecule has 0 spiro atoms. The highest BCUT2D eigenvalue weighted by Gasteiger charge is 1.97. The smallest absolute Gasteiger partial charge is 0.0320 e. The third-order valence-electron chi connectivity index (χ3n) is 2.05. The molecule has 2 rings (SSSR count). The van der Waals surface area contributed by atoms with Crippen molar-refractivity contribution in [3.8, 4) is 0 Å². The van der Waals surface area contributed by atoms with Crippen LogP contribution in [-0.4, -0.2) is 6.30 Å². The second kappa shape index (κ2) is 3.20. The molecule has 0 radical (unpaired) electrons. The summed E-state index contributed by atoms with van der Waals surface area (Å²) in [7, 11) is 1.05. The van der Waals surface area contributed by atoms with Gasteiger partial charge in [0, 0.05) is 11.0 Å². The second-order valence-electron chi connectivity index (χ2n) is 2.92. The van der Waals surface area contributed by atoms with Gasteiger partial charge >= 0.3 is 0 Å². The zero-order valence-electron chi connectivity index (χ0n) is 7.20. The van der Waals surface area contributed by atoms with Crippen molar-refractivity contribution in [3.05, 3.63) is 36.4 Å². The summed E-state index contributed by atoms with van der Waals surface area (Å²) in [5, 5.41) is 3.68. The summed E-state index contributed by atoms with van der Waals surface area (Å²) in [5.74, 6) is 0. The maximum atomic E-state index is 5.70. The number of anilines is 1. The van der Waals surface area contributed by atoms with E-state index in [1.54, 1.807) is 0 Å². The molecule has 2 heteroatoms. The highest BCUT2D eigenvalue weighted by molar-refractivity contribution is 7.46. The van der Waals surface area contributed by atoms with Crippen molar-refractivity contribution < 1.29 is 0 Å². The van der Waals surface area contributed by atoms with Gasteiger partial charge < -0.3 is 5.73 Å². The zero-order chi connectivity index (χ0) is 9.26. The van der Waals surface area contributed by atoms with Crippen LogP contribution in [0.1, 0.15) is 0 Å². The lowest BCUT2D eigenvalue weighted by atomic mass is 10.1. The Kier molecular flexibility index (Phi) is 2.03. The Labute approximate surface area is 79.0 Å². The van der Waals surface area contributed by atoms with Gasteiger partial charge in [-0.15, -0.1) is 0 Å². The molecule has 0 aliphatic heterocycles. The zero-order valence-corrected chi connectivity index (χ0v) is 8.09. The molecular formula is C11H10NP. The van der Waals surface area contributed by atoms with Gasteiger partial charge in [-0.3, -0.25) is 0 Å². The summed E-state index contributed by atoms with van der Waals surface area (Å²) in [4.78, 5) is 0. The predicted molar refractivity (Wildman–Crippen MR) is 62.0 cm³/mol. The quantitative estimate of drug-likeness (QED) is 0.538. The van der Waals surface area contributed by atoms with E-state index in [1.165, 1.54) is 16.1 Å². The van der Waals surface area contributed by atoms with E-state index in [4.69, 9.17) is 5.73 Å². The van der Waals surface area contributed by atoms with E-state index in [1.807, 2.05) is 18.2 Å². The van der Waals surface area contributed by atoms with Crippen LogP contribution in [-0.2, 0) is 0 Å². The summed E-state index contributed by atoms with van der Waals surface area (Å²) >= 11 is 0. The first-order chi connectivity index (χ1) is 6.31. The van der Waals surface area contributed by atoms with Gasteiger partial charge in [-0.2, -0.15) is 0 Å². The van der Waals surface area contributed by atoms with Crippen LogP contribution in [0.15, 0.2) is 36.4 Å². The highest BCUT2D eigenvalue weighted by atomic mass is 31.1. The van der Waals surface area contributed by atoms with Crippen LogP contribution in [0.3, 0.4) is 0 Å². The molecule has 0 aliphatic rings. The molecule has 0 amide bonds.